The van der Waals surface area contributed by atoms with Crippen LogP contribution in [0.5, 0.6) is 0 Å². The van der Waals surface area contributed by atoms with Gasteiger partial charge in [-0.3, -0.25) is 14.2 Å². The Morgan fingerprint density at radius 1 is 1.17 bits per heavy atom. The molecule has 0 spiro atoms. The largest absolute Gasteiger partial charge is 0.462 e. The number of hydrogen-bond donors (Lipinski definition) is 0. The number of benzene rings is 1. The van der Waals surface area contributed by atoms with E-state index in [2.05, 4.69) is 0 Å². The van der Waals surface area contributed by atoms with Gasteiger partial charge in [0.2, 0.25) is 0 Å². The molecule has 0 aliphatic rings. The third kappa shape index (κ3) is 3.87. The number of thiophene rings is 1. The van der Waals surface area contributed by atoms with E-state index in [1.165, 1.54) is 18.4 Å². The number of rotatable bonds is 7. The highest BCUT2D eigenvalue weighted by Crippen LogP contribution is 2.29. The van der Waals surface area contributed by atoms with Crippen LogP contribution in [-0.2, 0) is 22.5 Å². The van der Waals surface area contributed by atoms with Crippen LogP contribution >= 0.6 is 11.3 Å². The summed E-state index contributed by atoms with van der Waals surface area (Å²) in [6, 6.07) is 8.76. The van der Waals surface area contributed by atoms with Crippen LogP contribution in [0.15, 0.2) is 39.9 Å². The van der Waals surface area contributed by atoms with Crippen molar-refractivity contribution in [1.82, 2.24) is 9.13 Å². The molecule has 0 saturated carbocycles. The van der Waals surface area contributed by atoms with E-state index in [0.29, 0.717) is 28.2 Å². The molecule has 158 valence electrons. The van der Waals surface area contributed by atoms with Gasteiger partial charge >= 0.3 is 11.7 Å². The molecule has 0 aliphatic heterocycles. The summed E-state index contributed by atoms with van der Waals surface area (Å²) in [7, 11) is 0. The summed E-state index contributed by atoms with van der Waals surface area (Å²) >= 11 is 1.08. The third-order valence-electron chi connectivity index (χ3n) is 5.15. The maximum Gasteiger partial charge on any atom is 0.348 e. The molecule has 0 radical (unpaired) electrons. The number of aryl methyl sites for hydroxylation is 3. The van der Waals surface area contributed by atoms with Crippen LogP contribution < -0.4 is 11.2 Å². The maximum absolute atomic E-state index is 13.3. The molecule has 7 nitrogen and oxygen atoms in total. The van der Waals surface area contributed by atoms with E-state index in [0.717, 1.165) is 21.5 Å². The van der Waals surface area contributed by atoms with Gasteiger partial charge in [-0.2, -0.15) is 0 Å². The quantitative estimate of drug-likeness (QED) is 0.540. The molecule has 1 atom stereocenters. The van der Waals surface area contributed by atoms with Crippen molar-refractivity contribution >= 4 is 33.3 Å². The lowest BCUT2D eigenvalue weighted by molar-refractivity contribution is -0.119. The van der Waals surface area contributed by atoms with Gasteiger partial charge in [0.1, 0.15) is 9.71 Å². The number of fused-ring (bicyclic) bond motifs is 1. The number of carbonyl (C=O) groups excluding carboxylic acids is 2. The van der Waals surface area contributed by atoms with E-state index >= 15 is 0 Å². The minimum absolute atomic E-state index is 0.207. The highest BCUT2D eigenvalue weighted by atomic mass is 32.1. The fourth-order valence-corrected chi connectivity index (χ4v) is 4.57. The first-order valence-electron chi connectivity index (χ1n) is 9.77. The van der Waals surface area contributed by atoms with Gasteiger partial charge in [-0.15, -0.1) is 11.3 Å². The second-order valence-corrected chi connectivity index (χ2v) is 8.09. The first kappa shape index (κ1) is 21.7. The number of ketones is 1. The average molecular weight is 429 g/mol. The monoisotopic (exact) mass is 428 g/mol. The number of hydrogen-bond acceptors (Lipinski definition) is 6. The van der Waals surface area contributed by atoms with Crippen LogP contribution in [0, 0.1) is 6.92 Å². The lowest BCUT2D eigenvalue weighted by atomic mass is 10.1. The SMILES string of the molecule is CCOC(=O)c1sc2c(c1C)c(=O)n([C@H](C)C(C)=O)c(=O)n2CCc1ccccc1. The van der Waals surface area contributed by atoms with Gasteiger partial charge < -0.3 is 4.74 Å². The molecule has 3 aromatic rings. The van der Waals surface area contributed by atoms with Gasteiger partial charge in [0.25, 0.3) is 5.56 Å². The van der Waals surface area contributed by atoms with E-state index in [4.69, 9.17) is 4.74 Å². The highest BCUT2D eigenvalue weighted by Gasteiger charge is 2.26. The Bertz CT molecular complexity index is 1220. The van der Waals surface area contributed by atoms with Crippen LogP contribution in [-0.4, -0.2) is 27.5 Å². The average Bonchev–Trinajstić information content (AvgIpc) is 3.06. The third-order valence-corrected chi connectivity index (χ3v) is 6.44. The zero-order valence-electron chi connectivity index (χ0n) is 17.4. The summed E-state index contributed by atoms with van der Waals surface area (Å²) in [5, 5.41) is 0.281. The van der Waals surface area contributed by atoms with Crippen LogP contribution in [0.2, 0.25) is 0 Å². The Morgan fingerprint density at radius 3 is 2.43 bits per heavy atom. The molecule has 0 saturated heterocycles. The number of nitrogens with zero attached hydrogens (tertiary/aromatic N) is 2. The molecule has 8 heteroatoms. The lowest BCUT2D eigenvalue weighted by Crippen LogP contribution is -2.43. The predicted octanol–water partition coefficient (Wildman–Crippen LogP) is 3.10. The molecule has 0 unspecified atom stereocenters. The zero-order chi connectivity index (χ0) is 22.0. The Balaban J connectivity index is 2.27. The van der Waals surface area contributed by atoms with Gasteiger partial charge in [-0.25, -0.2) is 14.2 Å². The van der Waals surface area contributed by atoms with Crippen molar-refractivity contribution in [2.24, 2.45) is 0 Å². The molecular weight excluding hydrogens is 404 g/mol. The van der Waals surface area contributed by atoms with E-state index in [1.54, 1.807) is 13.8 Å². The second kappa shape index (κ2) is 8.79. The van der Waals surface area contributed by atoms with Crippen molar-refractivity contribution in [3.05, 3.63) is 67.2 Å². The maximum atomic E-state index is 13.3. The van der Waals surface area contributed by atoms with E-state index in [1.807, 2.05) is 30.3 Å². The Morgan fingerprint density at radius 2 is 1.83 bits per heavy atom. The van der Waals surface area contributed by atoms with Crippen molar-refractivity contribution in [3.63, 3.8) is 0 Å². The Hall–Kier alpha value is -3.00. The van der Waals surface area contributed by atoms with Crippen molar-refractivity contribution in [2.45, 2.75) is 46.7 Å². The molecule has 0 aliphatic carbocycles. The molecule has 3 rings (SSSR count). The minimum atomic E-state index is -0.900. The van der Waals surface area contributed by atoms with Gasteiger partial charge in [0.15, 0.2) is 5.78 Å². The molecule has 0 amide bonds. The predicted molar refractivity (Wildman–Crippen MR) is 117 cm³/mol. The molecule has 30 heavy (non-hydrogen) atoms. The van der Waals surface area contributed by atoms with Crippen LogP contribution in [0.1, 0.15) is 47.6 Å². The summed E-state index contributed by atoms with van der Waals surface area (Å²) in [4.78, 5) is 51.5. The Labute approximate surface area is 177 Å². The number of Topliss-reactive ketones (excluding diaryl/α,β-unsaturated/α-hetero) is 1. The summed E-state index contributed by atoms with van der Waals surface area (Å²) in [6.45, 7) is 6.77. The summed E-state index contributed by atoms with van der Waals surface area (Å²) in [5.74, 6) is -0.814. The summed E-state index contributed by atoms with van der Waals surface area (Å²) in [5.41, 5.74) is 0.394. The molecule has 2 heterocycles. The van der Waals surface area contributed by atoms with Crippen LogP contribution in [0.25, 0.3) is 10.2 Å². The van der Waals surface area contributed by atoms with Crippen molar-refractivity contribution in [1.29, 1.82) is 0 Å². The second-order valence-electron chi connectivity index (χ2n) is 7.09. The van der Waals surface area contributed by atoms with Crippen molar-refractivity contribution < 1.29 is 14.3 Å². The lowest BCUT2D eigenvalue weighted by Gasteiger charge is -2.15. The topological polar surface area (TPSA) is 87.4 Å². The zero-order valence-corrected chi connectivity index (χ0v) is 18.2. The standard InChI is InChI=1S/C22H24N2O5S/c1-5-29-21(27)18-13(2)17-19(26)24(14(3)15(4)25)22(28)23(20(17)30-18)12-11-16-9-7-6-8-10-16/h6-10,14H,5,11-12H2,1-4H3/t14-/m1/s1. The van der Waals surface area contributed by atoms with Crippen LogP contribution in [0.4, 0.5) is 0 Å². The minimum Gasteiger partial charge on any atom is -0.462 e. The fraction of sp³-hybridized carbons (Fsp3) is 0.364. The fourth-order valence-electron chi connectivity index (χ4n) is 3.36. The number of carbonyl (C=O) groups is 2. The van der Waals surface area contributed by atoms with E-state index in [9.17, 15) is 19.2 Å². The van der Waals surface area contributed by atoms with E-state index in [-0.39, 0.29) is 17.8 Å². The summed E-state index contributed by atoms with van der Waals surface area (Å²) < 4.78 is 7.59. The normalized spacial score (nSPS) is 12.1. The van der Waals surface area contributed by atoms with Crippen molar-refractivity contribution in [2.75, 3.05) is 6.61 Å². The first-order chi connectivity index (χ1) is 14.3. The molecule has 1 aromatic carbocycles. The van der Waals surface area contributed by atoms with Crippen LogP contribution in [0.3, 0.4) is 0 Å². The highest BCUT2D eigenvalue weighted by molar-refractivity contribution is 7.20. The molecular formula is C22H24N2O5S. The summed E-state index contributed by atoms with van der Waals surface area (Å²) in [6.07, 6.45) is 0.564. The smallest absolute Gasteiger partial charge is 0.348 e. The first-order valence-corrected chi connectivity index (χ1v) is 10.6. The number of esters is 1. The molecule has 2 aromatic heterocycles. The van der Waals surface area contributed by atoms with Gasteiger partial charge in [0.05, 0.1) is 18.0 Å². The number of aromatic nitrogens is 2. The van der Waals surface area contributed by atoms with Gasteiger partial charge in [-0.05, 0) is 45.2 Å². The number of ether oxygens (including phenoxy) is 1. The van der Waals surface area contributed by atoms with E-state index < -0.39 is 23.3 Å². The Kier molecular flexibility index (Phi) is 6.36. The van der Waals surface area contributed by atoms with Gasteiger partial charge in [-0.1, -0.05) is 30.3 Å². The molecule has 0 N–H and O–H groups in total. The van der Waals surface area contributed by atoms with Gasteiger partial charge in [0, 0.05) is 6.54 Å². The molecule has 0 bridgehead atoms. The van der Waals surface area contributed by atoms with Crippen molar-refractivity contribution in [3.8, 4) is 0 Å². The molecule has 0 fully saturated rings.